The largest absolute Gasteiger partial charge is 0.383 e. The molecule has 3 nitrogen and oxygen atoms in total. The van der Waals surface area contributed by atoms with Gasteiger partial charge in [-0.2, -0.15) is 0 Å². The molecule has 0 aliphatic heterocycles. The summed E-state index contributed by atoms with van der Waals surface area (Å²) >= 11 is 0. The third kappa shape index (κ3) is 4.48. The van der Waals surface area contributed by atoms with Crippen LogP contribution >= 0.6 is 0 Å². The SMILES string of the molecule is COCCN(CC(C)C)c1c(F)cccc1[C@H](C)N. The molecular weight excluding hydrogens is 243 g/mol. The van der Waals surface area contributed by atoms with Gasteiger partial charge in [-0.1, -0.05) is 26.0 Å². The molecule has 0 aliphatic rings. The van der Waals surface area contributed by atoms with Crippen molar-refractivity contribution in [2.45, 2.75) is 26.8 Å². The monoisotopic (exact) mass is 268 g/mol. The molecule has 0 aromatic heterocycles. The Morgan fingerprint density at radius 3 is 2.53 bits per heavy atom. The van der Waals surface area contributed by atoms with Gasteiger partial charge in [-0.15, -0.1) is 0 Å². The summed E-state index contributed by atoms with van der Waals surface area (Å²) in [5.41, 5.74) is 7.41. The minimum atomic E-state index is -0.216. The molecule has 0 aliphatic carbocycles. The van der Waals surface area contributed by atoms with Crippen LogP contribution < -0.4 is 10.6 Å². The Balaban J connectivity index is 3.12. The van der Waals surface area contributed by atoms with Gasteiger partial charge in [0.25, 0.3) is 0 Å². The van der Waals surface area contributed by atoms with Crippen molar-refractivity contribution in [2.24, 2.45) is 11.7 Å². The number of para-hydroxylation sites is 1. The Hall–Kier alpha value is -1.13. The third-order valence-electron chi connectivity index (χ3n) is 2.98. The van der Waals surface area contributed by atoms with Crippen molar-refractivity contribution in [1.29, 1.82) is 0 Å². The number of rotatable bonds is 7. The lowest BCUT2D eigenvalue weighted by atomic mass is 10.0. The molecule has 1 atom stereocenters. The highest BCUT2D eigenvalue weighted by atomic mass is 19.1. The van der Waals surface area contributed by atoms with E-state index in [0.29, 0.717) is 24.8 Å². The summed E-state index contributed by atoms with van der Waals surface area (Å²) in [5.74, 6) is 0.226. The molecular formula is C15H25FN2O. The van der Waals surface area contributed by atoms with Crippen LogP contribution in [0.1, 0.15) is 32.4 Å². The molecule has 0 saturated heterocycles. The summed E-state index contributed by atoms with van der Waals surface area (Å²) in [5, 5.41) is 0. The Morgan fingerprint density at radius 2 is 2.00 bits per heavy atom. The van der Waals surface area contributed by atoms with E-state index < -0.39 is 0 Å². The third-order valence-corrected chi connectivity index (χ3v) is 2.98. The highest BCUT2D eigenvalue weighted by molar-refractivity contribution is 5.56. The molecule has 1 rings (SSSR count). The van der Waals surface area contributed by atoms with Gasteiger partial charge in [-0.25, -0.2) is 4.39 Å². The number of nitrogens with two attached hydrogens (primary N) is 1. The lowest BCUT2D eigenvalue weighted by Crippen LogP contribution is -2.33. The van der Waals surface area contributed by atoms with Crippen LogP contribution in [0.2, 0.25) is 0 Å². The first-order chi connectivity index (χ1) is 8.97. The zero-order chi connectivity index (χ0) is 14.4. The lowest BCUT2D eigenvalue weighted by Gasteiger charge is -2.30. The van der Waals surface area contributed by atoms with E-state index in [1.165, 1.54) is 6.07 Å². The first-order valence-corrected chi connectivity index (χ1v) is 6.75. The summed E-state index contributed by atoms with van der Waals surface area (Å²) in [6.45, 7) is 8.12. The van der Waals surface area contributed by atoms with Crippen LogP contribution in [-0.4, -0.2) is 26.8 Å². The van der Waals surface area contributed by atoms with E-state index in [1.54, 1.807) is 13.2 Å². The summed E-state index contributed by atoms with van der Waals surface area (Å²) < 4.78 is 19.3. The second-order valence-corrected chi connectivity index (χ2v) is 5.30. The van der Waals surface area contributed by atoms with Crippen LogP contribution in [0.5, 0.6) is 0 Å². The fourth-order valence-electron chi connectivity index (χ4n) is 2.17. The van der Waals surface area contributed by atoms with E-state index in [1.807, 2.05) is 17.9 Å². The second kappa shape index (κ2) is 7.46. The van der Waals surface area contributed by atoms with E-state index in [4.69, 9.17) is 10.5 Å². The average Bonchev–Trinajstić information content (AvgIpc) is 2.33. The number of anilines is 1. The predicted molar refractivity (Wildman–Crippen MR) is 77.9 cm³/mol. The van der Waals surface area contributed by atoms with Crippen molar-refractivity contribution in [3.8, 4) is 0 Å². The van der Waals surface area contributed by atoms with E-state index in [-0.39, 0.29) is 11.9 Å². The van der Waals surface area contributed by atoms with Crippen LogP contribution in [0.15, 0.2) is 18.2 Å². The molecule has 0 bridgehead atoms. The van der Waals surface area contributed by atoms with Crippen LogP contribution in [0, 0.1) is 11.7 Å². The Bertz CT molecular complexity index is 394. The number of hydrogen-bond acceptors (Lipinski definition) is 3. The van der Waals surface area contributed by atoms with Crippen molar-refractivity contribution in [3.63, 3.8) is 0 Å². The topological polar surface area (TPSA) is 38.5 Å². The number of hydrogen-bond donors (Lipinski definition) is 1. The number of nitrogens with zero attached hydrogens (tertiary/aromatic N) is 1. The fourth-order valence-corrected chi connectivity index (χ4v) is 2.17. The normalized spacial score (nSPS) is 12.8. The van der Waals surface area contributed by atoms with Crippen molar-refractivity contribution in [3.05, 3.63) is 29.6 Å². The number of halogens is 1. The van der Waals surface area contributed by atoms with Crippen LogP contribution in [0.4, 0.5) is 10.1 Å². The van der Waals surface area contributed by atoms with Crippen molar-refractivity contribution in [1.82, 2.24) is 0 Å². The van der Waals surface area contributed by atoms with Crippen molar-refractivity contribution in [2.75, 3.05) is 31.7 Å². The fraction of sp³-hybridized carbons (Fsp3) is 0.600. The Morgan fingerprint density at radius 1 is 1.32 bits per heavy atom. The summed E-state index contributed by atoms with van der Waals surface area (Å²) in [6.07, 6.45) is 0. The zero-order valence-electron chi connectivity index (χ0n) is 12.3. The van der Waals surface area contributed by atoms with Gasteiger partial charge in [0, 0.05) is 26.2 Å². The maximum Gasteiger partial charge on any atom is 0.146 e. The van der Waals surface area contributed by atoms with Gasteiger partial charge in [0.1, 0.15) is 5.82 Å². The maximum atomic E-state index is 14.2. The number of ether oxygens (including phenoxy) is 1. The zero-order valence-corrected chi connectivity index (χ0v) is 12.3. The van der Waals surface area contributed by atoms with E-state index in [0.717, 1.165) is 12.1 Å². The van der Waals surface area contributed by atoms with Crippen LogP contribution in [0.3, 0.4) is 0 Å². The minimum absolute atomic E-state index is 0.192. The smallest absolute Gasteiger partial charge is 0.146 e. The molecule has 1 aromatic rings. The molecule has 108 valence electrons. The number of benzene rings is 1. The van der Waals surface area contributed by atoms with E-state index >= 15 is 0 Å². The first-order valence-electron chi connectivity index (χ1n) is 6.75. The molecule has 0 fully saturated rings. The molecule has 0 unspecified atom stereocenters. The maximum absolute atomic E-state index is 14.2. The van der Waals surface area contributed by atoms with Gasteiger partial charge in [0.15, 0.2) is 0 Å². The van der Waals surface area contributed by atoms with Gasteiger partial charge < -0.3 is 15.4 Å². The van der Waals surface area contributed by atoms with Crippen molar-refractivity contribution < 1.29 is 9.13 Å². The summed E-state index contributed by atoms with van der Waals surface area (Å²) in [4.78, 5) is 2.03. The van der Waals surface area contributed by atoms with Crippen LogP contribution in [-0.2, 0) is 4.74 Å². The first kappa shape index (κ1) is 15.9. The number of methoxy groups -OCH3 is 1. The molecule has 0 heterocycles. The molecule has 19 heavy (non-hydrogen) atoms. The average molecular weight is 268 g/mol. The van der Waals surface area contributed by atoms with Gasteiger partial charge in [-0.3, -0.25) is 0 Å². The van der Waals surface area contributed by atoms with Gasteiger partial charge in [0.2, 0.25) is 0 Å². The minimum Gasteiger partial charge on any atom is -0.383 e. The van der Waals surface area contributed by atoms with Gasteiger partial charge in [0.05, 0.1) is 12.3 Å². The standard InChI is InChI=1S/C15H25FN2O/c1-11(2)10-18(8-9-19-4)15-13(12(3)17)6-5-7-14(15)16/h5-7,11-12H,8-10,17H2,1-4H3/t12-/m0/s1. The molecule has 0 spiro atoms. The van der Waals surface area contributed by atoms with Gasteiger partial charge in [-0.05, 0) is 24.5 Å². The second-order valence-electron chi connectivity index (χ2n) is 5.30. The summed E-state index contributed by atoms with van der Waals surface area (Å²) in [6, 6.07) is 4.90. The molecule has 0 amide bonds. The lowest BCUT2D eigenvalue weighted by molar-refractivity contribution is 0.204. The molecule has 4 heteroatoms. The van der Waals surface area contributed by atoms with E-state index in [9.17, 15) is 4.39 Å². The molecule has 0 radical (unpaired) electrons. The van der Waals surface area contributed by atoms with Gasteiger partial charge >= 0.3 is 0 Å². The molecule has 0 saturated carbocycles. The Labute approximate surface area is 115 Å². The van der Waals surface area contributed by atoms with Crippen LogP contribution in [0.25, 0.3) is 0 Å². The van der Waals surface area contributed by atoms with E-state index in [2.05, 4.69) is 13.8 Å². The highest BCUT2D eigenvalue weighted by Crippen LogP contribution is 2.29. The molecule has 2 N–H and O–H groups in total. The predicted octanol–water partition coefficient (Wildman–Crippen LogP) is 2.95. The summed E-state index contributed by atoms with van der Waals surface area (Å²) in [7, 11) is 1.65. The quantitative estimate of drug-likeness (QED) is 0.826. The Kier molecular flexibility index (Phi) is 6.25. The highest BCUT2D eigenvalue weighted by Gasteiger charge is 2.18. The molecule has 1 aromatic carbocycles. The van der Waals surface area contributed by atoms with Crippen molar-refractivity contribution >= 4 is 5.69 Å².